The van der Waals surface area contributed by atoms with Gasteiger partial charge in [-0.1, -0.05) is 35.6 Å². The molecule has 53 heavy (non-hydrogen) atoms. The third-order valence-corrected chi connectivity index (χ3v) is 12.7. The zero-order valence-corrected chi connectivity index (χ0v) is 31.2. The first-order valence-electron chi connectivity index (χ1n) is 18.8. The summed E-state index contributed by atoms with van der Waals surface area (Å²) in [7, 11) is 0. The van der Waals surface area contributed by atoms with Crippen LogP contribution in [0.2, 0.25) is 0 Å². The number of carbonyl (C=O) groups excluding carboxylic acids is 2. The number of thiazole rings is 1. The highest BCUT2D eigenvalue weighted by Crippen LogP contribution is 2.60. The smallest absolute Gasteiger partial charge is 0.358 e. The van der Waals surface area contributed by atoms with E-state index in [1.54, 1.807) is 6.20 Å². The van der Waals surface area contributed by atoms with E-state index in [-0.39, 0.29) is 17.0 Å². The van der Waals surface area contributed by atoms with Crippen LogP contribution in [0, 0.1) is 34.5 Å². The van der Waals surface area contributed by atoms with Crippen LogP contribution in [0.25, 0.3) is 21.3 Å². The molecule has 11 heteroatoms. The molecule has 270 valence electrons. The number of nitriles is 1. The Hall–Kier alpha value is -5.08. The quantitative estimate of drug-likeness (QED) is 0.166. The molecule has 0 atom stereocenters. The Labute approximate surface area is 313 Å². The number of benzene rings is 2. The van der Waals surface area contributed by atoms with E-state index in [9.17, 15) is 14.9 Å². The van der Waals surface area contributed by atoms with Gasteiger partial charge in [0.15, 0.2) is 10.8 Å². The van der Waals surface area contributed by atoms with Crippen LogP contribution in [0.3, 0.4) is 0 Å². The van der Waals surface area contributed by atoms with Crippen molar-refractivity contribution in [2.75, 3.05) is 16.8 Å². The second-order valence-electron chi connectivity index (χ2n) is 16.7. The molecule has 4 bridgehead atoms. The van der Waals surface area contributed by atoms with Crippen LogP contribution < -0.4 is 10.2 Å². The molecule has 0 unspecified atom stereocenters. The van der Waals surface area contributed by atoms with Gasteiger partial charge >= 0.3 is 5.97 Å². The fraction of sp³-hybridized carbons (Fsp3) is 0.429. The van der Waals surface area contributed by atoms with E-state index in [1.807, 2.05) is 74.0 Å². The molecule has 1 N–H and O–H groups in total. The van der Waals surface area contributed by atoms with Crippen molar-refractivity contribution in [3.63, 3.8) is 0 Å². The minimum absolute atomic E-state index is 0.149. The molecule has 5 aliphatic rings. The van der Waals surface area contributed by atoms with Gasteiger partial charge < -0.3 is 9.64 Å². The zero-order valence-electron chi connectivity index (χ0n) is 30.4. The lowest BCUT2D eigenvalue weighted by Gasteiger charge is -2.56. The normalized spacial score (nSPS) is 23.1. The van der Waals surface area contributed by atoms with Gasteiger partial charge in [0, 0.05) is 36.3 Å². The first-order chi connectivity index (χ1) is 25.5. The summed E-state index contributed by atoms with van der Waals surface area (Å²) in [6, 6.07) is 19.9. The SMILES string of the molecule is CC(C)(C)OC(=O)c1nc(N2CCc3cccc(C(=O)Nc4nc5ccccc5s4)c3C2)ccc1-c1cnn(CC23CC4CC(CC(C4)C2)C3)c1C#N. The van der Waals surface area contributed by atoms with Crippen molar-refractivity contribution in [3.05, 3.63) is 88.9 Å². The lowest BCUT2D eigenvalue weighted by molar-refractivity contribution is -0.0636. The fourth-order valence-corrected chi connectivity index (χ4v) is 10.9. The van der Waals surface area contributed by atoms with Crippen LogP contribution in [-0.4, -0.2) is 43.8 Å². The number of rotatable bonds is 7. The van der Waals surface area contributed by atoms with Crippen LogP contribution in [-0.2, 0) is 24.2 Å². The number of hydrogen-bond donors (Lipinski definition) is 1. The second kappa shape index (κ2) is 12.8. The number of nitrogens with one attached hydrogen (secondary N) is 1. The van der Waals surface area contributed by atoms with Crippen LogP contribution in [0.15, 0.2) is 60.8 Å². The maximum Gasteiger partial charge on any atom is 0.358 e. The molecule has 10 rings (SSSR count). The number of anilines is 2. The number of hydrogen-bond acceptors (Lipinski definition) is 9. The van der Waals surface area contributed by atoms with Gasteiger partial charge in [0.1, 0.15) is 23.2 Å². The molecule has 4 fully saturated rings. The Morgan fingerprint density at radius 1 is 0.981 bits per heavy atom. The van der Waals surface area contributed by atoms with Crippen LogP contribution in [0.5, 0.6) is 0 Å². The molecule has 0 saturated heterocycles. The minimum Gasteiger partial charge on any atom is -0.455 e. The summed E-state index contributed by atoms with van der Waals surface area (Å²) < 4.78 is 8.79. The maximum absolute atomic E-state index is 13.9. The Morgan fingerprint density at radius 2 is 1.74 bits per heavy atom. The van der Waals surface area contributed by atoms with Crippen molar-refractivity contribution in [2.45, 2.75) is 84.4 Å². The monoisotopic (exact) mass is 725 g/mol. The van der Waals surface area contributed by atoms with Crippen LogP contribution >= 0.6 is 11.3 Å². The number of pyridine rings is 1. The van der Waals surface area contributed by atoms with Crippen LogP contribution in [0.4, 0.5) is 10.9 Å². The molecule has 4 aliphatic carbocycles. The highest BCUT2D eigenvalue weighted by molar-refractivity contribution is 7.22. The second-order valence-corrected chi connectivity index (χ2v) is 17.7. The molecule has 10 nitrogen and oxygen atoms in total. The highest BCUT2D eigenvalue weighted by Gasteiger charge is 2.51. The number of aromatic nitrogens is 4. The van der Waals surface area contributed by atoms with Gasteiger partial charge in [-0.2, -0.15) is 10.4 Å². The molecule has 3 aromatic heterocycles. The third-order valence-electron chi connectivity index (χ3n) is 11.7. The average Bonchev–Trinajstić information content (AvgIpc) is 3.72. The number of nitrogens with zero attached hydrogens (tertiary/aromatic N) is 6. The predicted octanol–water partition coefficient (Wildman–Crippen LogP) is 8.41. The van der Waals surface area contributed by atoms with Gasteiger partial charge in [-0.25, -0.2) is 14.8 Å². The zero-order chi connectivity index (χ0) is 36.5. The van der Waals surface area contributed by atoms with E-state index in [0.717, 1.165) is 45.6 Å². The average molecular weight is 726 g/mol. The van der Waals surface area contributed by atoms with Crippen molar-refractivity contribution >= 4 is 44.4 Å². The van der Waals surface area contributed by atoms with Gasteiger partial charge in [0.2, 0.25) is 0 Å². The Bertz CT molecular complexity index is 2240. The largest absolute Gasteiger partial charge is 0.455 e. The van der Waals surface area contributed by atoms with Crippen molar-refractivity contribution in [3.8, 4) is 17.2 Å². The molecule has 4 heterocycles. The minimum atomic E-state index is -0.748. The standard InChI is InChI=1S/C42H43N7O3S/c1-41(2,3)52-39(51)37-29(31-22-44-49(34(31)21-43)24-42-18-25-15-26(19-42)17-27(16-25)20-42)11-12-36(46-37)48-14-13-28-7-6-8-30(32(28)23-48)38(50)47-40-45-33-9-4-5-10-35(33)53-40/h4-12,22,25-27H,13-20,23-24H2,1-3H3,(H,45,47,50). The Morgan fingerprint density at radius 3 is 2.45 bits per heavy atom. The first kappa shape index (κ1) is 33.7. The van der Waals surface area contributed by atoms with Gasteiger partial charge in [0.25, 0.3) is 5.91 Å². The summed E-state index contributed by atoms with van der Waals surface area (Å²) in [4.78, 5) is 39.2. The third kappa shape index (κ3) is 6.37. The van der Waals surface area contributed by atoms with Crippen molar-refractivity contribution in [1.29, 1.82) is 5.26 Å². The van der Waals surface area contributed by atoms with Crippen LogP contribution in [0.1, 0.15) is 97.0 Å². The summed E-state index contributed by atoms with van der Waals surface area (Å²) in [5, 5.41) is 18.9. The van der Waals surface area contributed by atoms with Crippen molar-refractivity contribution in [1.82, 2.24) is 19.7 Å². The summed E-state index contributed by atoms with van der Waals surface area (Å²) in [6.07, 6.45) is 10.1. The highest BCUT2D eigenvalue weighted by atomic mass is 32.1. The molecule has 1 aliphatic heterocycles. The molecule has 0 radical (unpaired) electrons. The Kier molecular flexibility index (Phi) is 8.15. The first-order valence-corrected chi connectivity index (χ1v) is 19.6. The lowest BCUT2D eigenvalue weighted by atomic mass is 9.49. The van der Waals surface area contributed by atoms with Crippen molar-refractivity contribution < 1.29 is 14.3 Å². The topological polar surface area (TPSA) is 126 Å². The maximum atomic E-state index is 13.9. The van der Waals surface area contributed by atoms with E-state index in [0.29, 0.717) is 52.8 Å². The van der Waals surface area contributed by atoms with Crippen molar-refractivity contribution in [2.24, 2.45) is 23.2 Å². The van der Waals surface area contributed by atoms with Gasteiger partial charge in [-0.3, -0.25) is 14.8 Å². The fourth-order valence-electron chi connectivity index (χ4n) is 10.0. The van der Waals surface area contributed by atoms with E-state index < -0.39 is 11.6 Å². The van der Waals surface area contributed by atoms with Gasteiger partial charge in [-0.05, 0) is 130 Å². The molecule has 0 spiro atoms. The molecular weight excluding hydrogens is 683 g/mol. The number of fused-ring (bicyclic) bond motifs is 2. The molecular formula is C42H43N7O3S. The molecule has 4 saturated carbocycles. The van der Waals surface area contributed by atoms with E-state index in [1.165, 1.54) is 49.9 Å². The lowest BCUT2D eigenvalue weighted by Crippen LogP contribution is -2.48. The van der Waals surface area contributed by atoms with E-state index in [2.05, 4.69) is 27.3 Å². The molecule has 2 aromatic carbocycles. The number of amides is 1. The summed E-state index contributed by atoms with van der Waals surface area (Å²) in [6.45, 7) is 7.33. The summed E-state index contributed by atoms with van der Waals surface area (Å²) in [5.74, 6) is 2.21. The number of ether oxygens (including phenoxy) is 1. The van der Waals surface area contributed by atoms with Gasteiger partial charge in [-0.15, -0.1) is 0 Å². The summed E-state index contributed by atoms with van der Waals surface area (Å²) in [5.41, 5.74) is 4.62. The number of para-hydroxylation sites is 1. The molecule has 5 aromatic rings. The molecule has 1 amide bonds. The predicted molar refractivity (Wildman–Crippen MR) is 205 cm³/mol. The number of esters is 1. The summed E-state index contributed by atoms with van der Waals surface area (Å²) >= 11 is 1.45. The van der Waals surface area contributed by atoms with E-state index in [4.69, 9.17) is 14.8 Å². The van der Waals surface area contributed by atoms with E-state index >= 15 is 0 Å². The Balaban J connectivity index is 1.02. The number of carbonyl (C=O) groups is 2. The van der Waals surface area contributed by atoms with Gasteiger partial charge in [0.05, 0.1) is 16.4 Å².